The van der Waals surface area contributed by atoms with Crippen LogP contribution in [0.5, 0.6) is 5.88 Å². The van der Waals surface area contributed by atoms with Crippen molar-refractivity contribution in [2.75, 3.05) is 18.8 Å². The topological polar surface area (TPSA) is 129 Å². The van der Waals surface area contributed by atoms with Gasteiger partial charge < -0.3 is 9.79 Å². The molecule has 1 atom stereocenters. The number of pyridine rings is 1. The van der Waals surface area contributed by atoms with Crippen LogP contribution in [0.2, 0.25) is 0 Å². The van der Waals surface area contributed by atoms with E-state index in [1.807, 2.05) is 6.07 Å². The van der Waals surface area contributed by atoms with E-state index in [1.165, 1.54) is 12.5 Å². The van der Waals surface area contributed by atoms with Crippen molar-refractivity contribution >= 4 is 26.7 Å². The summed E-state index contributed by atoms with van der Waals surface area (Å²) in [5, 5.41) is 5.04. The molecule has 0 spiro atoms. The molecule has 1 aromatic heterocycles. The number of hydrogen-bond donors (Lipinski definition) is 1. The number of primary sulfonamides is 1. The van der Waals surface area contributed by atoms with Crippen LogP contribution in [0, 0.1) is 11.7 Å². The molecule has 39 heavy (non-hydrogen) atoms. The molecule has 2 heterocycles. The maximum atomic E-state index is 14.4. The number of halogens is 1. The number of carbonyl (C=O) groups is 1. The van der Waals surface area contributed by atoms with E-state index < -0.39 is 26.6 Å². The number of nitrogens with zero attached hydrogens (tertiary/aromatic N) is 2. The molecule has 1 aliphatic heterocycles. The van der Waals surface area contributed by atoms with Crippen LogP contribution in [0.3, 0.4) is 0 Å². The third-order valence-electron chi connectivity index (χ3n) is 7.65. The van der Waals surface area contributed by atoms with E-state index in [9.17, 15) is 21.8 Å². The number of sulfonamides is 1. The van der Waals surface area contributed by atoms with Crippen molar-refractivity contribution in [1.82, 2.24) is 9.88 Å². The van der Waals surface area contributed by atoms with E-state index in [1.54, 1.807) is 11.0 Å². The van der Waals surface area contributed by atoms with Crippen molar-refractivity contribution in [3.63, 3.8) is 0 Å². The quantitative estimate of drug-likeness (QED) is 0.351. The molecule has 0 radical (unpaired) electrons. The van der Waals surface area contributed by atoms with Crippen LogP contribution >= 0.6 is 0 Å². The van der Waals surface area contributed by atoms with Gasteiger partial charge in [0.05, 0.1) is 20.6 Å². The number of carbonyl (C=O) groups excluding carboxylic acids is 1. The summed E-state index contributed by atoms with van der Waals surface area (Å²) in [6, 6.07) is 6.67. The molecule has 9 nitrogen and oxygen atoms in total. The van der Waals surface area contributed by atoms with Crippen LogP contribution < -0.4 is 10.0 Å². The summed E-state index contributed by atoms with van der Waals surface area (Å²) in [6.07, 6.45) is 8.77. The minimum absolute atomic E-state index is 0.0365. The molecule has 3 aliphatic rings. The molecule has 1 amide bonds. The number of likely N-dealkylation sites (tertiary alicyclic amines) is 1. The van der Waals surface area contributed by atoms with E-state index in [2.05, 4.69) is 4.98 Å². The molecule has 2 N–H and O–H groups in total. The van der Waals surface area contributed by atoms with E-state index in [-0.39, 0.29) is 33.5 Å². The Bertz CT molecular complexity index is 1340. The summed E-state index contributed by atoms with van der Waals surface area (Å²) in [5.74, 6) is -0.0442. The molecule has 2 aliphatic carbocycles. The average Bonchev–Trinajstić information content (AvgIpc) is 3.78. The Morgan fingerprint density at radius 1 is 1.05 bits per heavy atom. The first-order valence-corrected chi connectivity index (χ1v) is 16.4. The zero-order chi connectivity index (χ0) is 27.6. The number of piperidine rings is 1. The summed E-state index contributed by atoms with van der Waals surface area (Å²) < 4.78 is 50.1. The van der Waals surface area contributed by atoms with Gasteiger partial charge in [-0.3, -0.25) is 9.00 Å². The molecular weight excluding hydrogens is 545 g/mol. The van der Waals surface area contributed by atoms with Gasteiger partial charge in [0.25, 0.3) is 11.8 Å². The third kappa shape index (κ3) is 7.22. The molecule has 212 valence electrons. The van der Waals surface area contributed by atoms with E-state index in [0.29, 0.717) is 43.3 Å². The summed E-state index contributed by atoms with van der Waals surface area (Å²) in [4.78, 5) is 30.6. The first-order valence-electron chi connectivity index (χ1n) is 13.5. The number of rotatable bonds is 9. The van der Waals surface area contributed by atoms with Crippen molar-refractivity contribution in [3.05, 3.63) is 47.4 Å². The van der Waals surface area contributed by atoms with Crippen LogP contribution in [0.4, 0.5) is 4.39 Å². The van der Waals surface area contributed by atoms with Crippen molar-refractivity contribution in [1.29, 1.82) is 0 Å². The molecular formula is C27H34FN3O6S2. The molecule has 5 rings (SSSR count). The van der Waals surface area contributed by atoms with Gasteiger partial charge in [0.15, 0.2) is 0 Å². The van der Waals surface area contributed by atoms with Crippen molar-refractivity contribution in [3.8, 4) is 5.88 Å². The standard InChI is InChI=1S/C27H34FN3O6S2/c28-23-16-22(39(29,34)35)8-9-25(23)38(33)17-18-10-12-31(13-11-18)27(32)20-14-24(19-6-7-19)30-26(15-20)37-36-21-4-2-1-3-5-21/h8-9,14-16,18-19,21H,1-7,10-13,17H2,(H2,29,34,35). The van der Waals surface area contributed by atoms with Crippen LogP contribution in [0.1, 0.15) is 79.8 Å². The maximum Gasteiger partial charge on any atom is 0.257 e. The van der Waals surface area contributed by atoms with Gasteiger partial charge in [0.2, 0.25) is 10.0 Å². The summed E-state index contributed by atoms with van der Waals surface area (Å²) in [5.41, 5.74) is 1.37. The van der Waals surface area contributed by atoms with Crippen LogP contribution in [-0.4, -0.2) is 53.4 Å². The smallest absolute Gasteiger partial charge is 0.257 e. The number of benzene rings is 1. The number of hydrogen-bond acceptors (Lipinski definition) is 7. The van der Waals surface area contributed by atoms with Crippen molar-refractivity contribution in [2.24, 2.45) is 11.1 Å². The Morgan fingerprint density at radius 3 is 2.41 bits per heavy atom. The predicted octanol–water partition coefficient (Wildman–Crippen LogP) is 4.05. The Kier molecular flexibility index (Phi) is 8.65. The highest BCUT2D eigenvalue weighted by Crippen LogP contribution is 2.40. The fourth-order valence-electron chi connectivity index (χ4n) is 5.19. The van der Waals surface area contributed by atoms with Gasteiger partial charge in [-0.05, 0) is 68.7 Å². The van der Waals surface area contributed by atoms with Gasteiger partial charge in [0, 0.05) is 42.1 Å². The summed E-state index contributed by atoms with van der Waals surface area (Å²) >= 11 is 0. The van der Waals surface area contributed by atoms with Gasteiger partial charge in [-0.2, -0.15) is 4.89 Å². The van der Waals surface area contributed by atoms with Crippen molar-refractivity contribution < 1.29 is 31.6 Å². The van der Waals surface area contributed by atoms with Gasteiger partial charge >= 0.3 is 0 Å². The normalized spacial score (nSPS) is 20.1. The molecule has 12 heteroatoms. The molecule has 2 saturated carbocycles. The molecule has 1 saturated heterocycles. The highest BCUT2D eigenvalue weighted by atomic mass is 32.2. The monoisotopic (exact) mass is 579 g/mol. The minimum Gasteiger partial charge on any atom is -0.339 e. The van der Waals surface area contributed by atoms with E-state index in [4.69, 9.17) is 14.9 Å². The Balaban J connectivity index is 1.18. The zero-order valence-corrected chi connectivity index (χ0v) is 23.4. The van der Waals surface area contributed by atoms with E-state index >= 15 is 0 Å². The molecule has 3 fully saturated rings. The molecule has 0 bridgehead atoms. The zero-order valence-electron chi connectivity index (χ0n) is 21.7. The van der Waals surface area contributed by atoms with Crippen LogP contribution in [0.25, 0.3) is 0 Å². The lowest BCUT2D eigenvalue weighted by molar-refractivity contribution is -0.253. The van der Waals surface area contributed by atoms with Gasteiger partial charge in [-0.25, -0.2) is 22.9 Å². The molecule has 1 aromatic carbocycles. The number of aromatic nitrogens is 1. The third-order valence-corrected chi connectivity index (χ3v) is 10.2. The van der Waals surface area contributed by atoms with Gasteiger partial charge in [-0.1, -0.05) is 19.3 Å². The van der Waals surface area contributed by atoms with E-state index in [0.717, 1.165) is 56.4 Å². The Morgan fingerprint density at radius 2 is 1.77 bits per heavy atom. The number of nitrogens with two attached hydrogens (primary N) is 1. The van der Waals surface area contributed by atoms with Crippen molar-refractivity contribution in [2.45, 2.75) is 79.6 Å². The fourth-order valence-corrected chi connectivity index (χ4v) is 7.15. The second kappa shape index (κ2) is 12.0. The lowest BCUT2D eigenvalue weighted by Crippen LogP contribution is -2.39. The average molecular weight is 580 g/mol. The highest BCUT2D eigenvalue weighted by Gasteiger charge is 2.30. The second-order valence-corrected chi connectivity index (χ2v) is 13.7. The van der Waals surface area contributed by atoms with Crippen LogP contribution in [-0.2, 0) is 25.7 Å². The lowest BCUT2D eigenvalue weighted by atomic mass is 9.98. The first-order chi connectivity index (χ1) is 18.7. The Labute approximate surface area is 230 Å². The Hall–Kier alpha value is -2.41. The molecule has 2 aromatic rings. The summed E-state index contributed by atoms with van der Waals surface area (Å²) in [7, 11) is -5.69. The lowest BCUT2D eigenvalue weighted by Gasteiger charge is -2.32. The predicted molar refractivity (Wildman–Crippen MR) is 142 cm³/mol. The van der Waals surface area contributed by atoms with Gasteiger partial charge in [-0.15, -0.1) is 0 Å². The SMILES string of the molecule is NS(=O)(=O)c1ccc(S(=O)CC2CCN(C(=O)c3cc(OOC4CCCCC4)nc(C4CC4)c3)CC2)c(F)c1. The largest absolute Gasteiger partial charge is 0.339 e. The van der Waals surface area contributed by atoms with Crippen LogP contribution in [0.15, 0.2) is 40.1 Å². The minimum atomic E-state index is -4.04. The second-order valence-electron chi connectivity index (χ2n) is 10.7. The maximum absolute atomic E-state index is 14.4. The molecule has 1 unspecified atom stereocenters. The van der Waals surface area contributed by atoms with Gasteiger partial charge in [0.1, 0.15) is 11.9 Å². The fraction of sp³-hybridized carbons (Fsp3) is 0.556. The summed E-state index contributed by atoms with van der Waals surface area (Å²) in [6.45, 7) is 0.979. The highest BCUT2D eigenvalue weighted by molar-refractivity contribution is 7.89. The first kappa shape index (κ1) is 28.1. The number of amides is 1.